The number of anilines is 1. The Balaban J connectivity index is 1.80. The Labute approximate surface area is 228 Å². The van der Waals surface area contributed by atoms with Crippen molar-refractivity contribution in [2.75, 3.05) is 18.4 Å². The lowest BCUT2D eigenvalue weighted by Crippen LogP contribution is -2.30. The predicted octanol–water partition coefficient (Wildman–Crippen LogP) is 5.42. The number of rotatable bonds is 9. The molecule has 0 bridgehead atoms. The van der Waals surface area contributed by atoms with Gasteiger partial charge in [-0.15, -0.1) is 0 Å². The Morgan fingerprint density at radius 2 is 1.72 bits per heavy atom. The minimum absolute atomic E-state index is 0.114. The van der Waals surface area contributed by atoms with Crippen molar-refractivity contribution in [1.29, 1.82) is 5.26 Å². The summed E-state index contributed by atoms with van der Waals surface area (Å²) in [5.74, 6) is -0.558. The van der Waals surface area contributed by atoms with Gasteiger partial charge in [0.15, 0.2) is 0 Å². The third-order valence-corrected chi connectivity index (χ3v) is 8.23. The first kappa shape index (κ1) is 27.5. The van der Waals surface area contributed by atoms with E-state index < -0.39 is 15.9 Å². The van der Waals surface area contributed by atoms with Gasteiger partial charge < -0.3 is 5.32 Å². The van der Waals surface area contributed by atoms with Crippen LogP contribution >= 0.6 is 0 Å². The number of amides is 1. The van der Waals surface area contributed by atoms with E-state index in [-0.39, 0.29) is 10.5 Å². The monoisotopic (exact) mass is 539 g/mol. The van der Waals surface area contributed by atoms with Gasteiger partial charge in [0, 0.05) is 36.1 Å². The second-order valence-corrected chi connectivity index (χ2v) is 10.8. The number of aryl methyl sites for hydroxylation is 1. The van der Waals surface area contributed by atoms with Crippen LogP contribution in [0.3, 0.4) is 0 Å². The molecule has 0 saturated carbocycles. The van der Waals surface area contributed by atoms with Gasteiger partial charge in [-0.05, 0) is 49.4 Å². The van der Waals surface area contributed by atoms with Gasteiger partial charge in [-0.2, -0.15) is 14.7 Å². The quantitative estimate of drug-likeness (QED) is 0.226. The Kier molecular flexibility index (Phi) is 8.39. The maximum absolute atomic E-state index is 13.2. The molecule has 1 N–H and O–H groups in total. The zero-order valence-electron chi connectivity index (χ0n) is 22.0. The van der Waals surface area contributed by atoms with E-state index in [1.54, 1.807) is 61.1 Å². The van der Waals surface area contributed by atoms with Crippen molar-refractivity contribution in [2.45, 2.75) is 25.7 Å². The SMILES string of the molecule is CCN(CC)S(=O)(=O)c1cccc(-c2nn(-c3ccccc3)cc2/C=C(/C#N)C(=O)Nc2ccc(C)cc2)c1. The lowest BCUT2D eigenvalue weighted by molar-refractivity contribution is -0.112. The maximum atomic E-state index is 13.2. The molecule has 3 aromatic carbocycles. The number of carbonyl (C=O) groups is 1. The first-order valence-electron chi connectivity index (χ1n) is 12.5. The molecule has 0 aliphatic heterocycles. The van der Waals surface area contributed by atoms with E-state index in [1.807, 2.05) is 55.5 Å². The van der Waals surface area contributed by atoms with Crippen LogP contribution in [0.15, 0.2) is 95.5 Å². The average Bonchev–Trinajstić information content (AvgIpc) is 3.38. The number of hydrogen-bond acceptors (Lipinski definition) is 5. The third-order valence-electron chi connectivity index (χ3n) is 6.19. The molecule has 1 heterocycles. The number of aromatic nitrogens is 2. The molecule has 0 unspecified atom stereocenters. The molecule has 8 nitrogen and oxygen atoms in total. The summed E-state index contributed by atoms with van der Waals surface area (Å²) in [4.78, 5) is 13.1. The fourth-order valence-electron chi connectivity index (χ4n) is 4.09. The van der Waals surface area contributed by atoms with Crippen LogP contribution in [0.25, 0.3) is 23.0 Å². The second kappa shape index (κ2) is 11.9. The summed E-state index contributed by atoms with van der Waals surface area (Å²) in [6.07, 6.45) is 3.18. The largest absolute Gasteiger partial charge is 0.321 e. The van der Waals surface area contributed by atoms with E-state index >= 15 is 0 Å². The molecule has 1 amide bonds. The minimum atomic E-state index is -3.70. The van der Waals surface area contributed by atoms with Crippen molar-refractivity contribution in [3.63, 3.8) is 0 Å². The highest BCUT2D eigenvalue weighted by atomic mass is 32.2. The zero-order valence-corrected chi connectivity index (χ0v) is 22.8. The lowest BCUT2D eigenvalue weighted by atomic mass is 10.1. The van der Waals surface area contributed by atoms with E-state index in [9.17, 15) is 18.5 Å². The first-order chi connectivity index (χ1) is 18.8. The fourth-order valence-corrected chi connectivity index (χ4v) is 5.59. The maximum Gasteiger partial charge on any atom is 0.266 e. The lowest BCUT2D eigenvalue weighted by Gasteiger charge is -2.18. The number of nitriles is 1. The summed E-state index contributed by atoms with van der Waals surface area (Å²) in [6, 6.07) is 25.2. The van der Waals surface area contributed by atoms with Crippen molar-refractivity contribution in [3.05, 3.63) is 102 Å². The highest BCUT2D eigenvalue weighted by Gasteiger charge is 2.23. The number of nitrogens with zero attached hydrogens (tertiary/aromatic N) is 4. The molecular formula is C30H29N5O3S. The molecule has 1 aromatic heterocycles. The van der Waals surface area contributed by atoms with Gasteiger partial charge in [0.05, 0.1) is 10.6 Å². The van der Waals surface area contributed by atoms with Gasteiger partial charge in [-0.25, -0.2) is 13.1 Å². The fraction of sp³-hybridized carbons (Fsp3) is 0.167. The van der Waals surface area contributed by atoms with Crippen LogP contribution in [-0.4, -0.2) is 41.5 Å². The Hall–Kier alpha value is -4.52. The van der Waals surface area contributed by atoms with Crippen molar-refractivity contribution in [3.8, 4) is 23.0 Å². The van der Waals surface area contributed by atoms with Gasteiger partial charge >= 0.3 is 0 Å². The molecule has 9 heteroatoms. The number of nitrogens with one attached hydrogen (secondary N) is 1. The van der Waals surface area contributed by atoms with E-state index in [0.717, 1.165) is 11.3 Å². The Morgan fingerprint density at radius 3 is 2.36 bits per heavy atom. The molecule has 0 fully saturated rings. The van der Waals surface area contributed by atoms with Crippen LogP contribution in [-0.2, 0) is 14.8 Å². The number of para-hydroxylation sites is 1. The first-order valence-corrected chi connectivity index (χ1v) is 14.0. The molecule has 198 valence electrons. The second-order valence-electron chi connectivity index (χ2n) is 8.82. The number of hydrogen-bond donors (Lipinski definition) is 1. The van der Waals surface area contributed by atoms with Gasteiger partial charge in [0.2, 0.25) is 10.0 Å². The van der Waals surface area contributed by atoms with E-state index in [1.165, 1.54) is 10.4 Å². The molecule has 0 spiro atoms. The summed E-state index contributed by atoms with van der Waals surface area (Å²) in [6.45, 7) is 6.23. The zero-order chi connectivity index (χ0) is 28.0. The minimum Gasteiger partial charge on any atom is -0.321 e. The highest BCUT2D eigenvalue weighted by Crippen LogP contribution is 2.29. The number of sulfonamides is 1. The van der Waals surface area contributed by atoms with Gasteiger partial charge in [0.1, 0.15) is 17.3 Å². The standard InChI is InChI=1S/C30H29N5O3S/c1-4-34(5-2)39(37,38)28-13-9-10-23(19-28)29-25(21-35(33-29)27-11-7-6-8-12-27)18-24(20-31)30(36)32-26-16-14-22(3)15-17-26/h6-19,21H,4-5H2,1-3H3,(H,32,36)/b24-18-. The molecule has 0 saturated heterocycles. The van der Waals surface area contributed by atoms with Crippen LogP contribution in [0, 0.1) is 18.3 Å². The van der Waals surface area contributed by atoms with Gasteiger partial charge in [-0.1, -0.05) is 61.9 Å². The van der Waals surface area contributed by atoms with Gasteiger partial charge in [-0.3, -0.25) is 4.79 Å². The van der Waals surface area contributed by atoms with Gasteiger partial charge in [0.25, 0.3) is 5.91 Å². The van der Waals surface area contributed by atoms with Crippen LogP contribution < -0.4 is 5.32 Å². The Bertz CT molecular complexity index is 1650. The molecule has 0 aliphatic rings. The molecule has 0 radical (unpaired) electrons. The van der Waals surface area contributed by atoms with Crippen LogP contribution in [0.1, 0.15) is 25.0 Å². The third kappa shape index (κ3) is 6.14. The van der Waals surface area contributed by atoms with Crippen molar-refractivity contribution >= 4 is 27.7 Å². The molecule has 4 rings (SSSR count). The Morgan fingerprint density at radius 1 is 1.03 bits per heavy atom. The summed E-state index contributed by atoms with van der Waals surface area (Å²) in [7, 11) is -3.70. The molecular weight excluding hydrogens is 510 g/mol. The van der Waals surface area contributed by atoms with Crippen LogP contribution in [0.4, 0.5) is 5.69 Å². The van der Waals surface area contributed by atoms with Crippen LogP contribution in [0.5, 0.6) is 0 Å². The van der Waals surface area contributed by atoms with Crippen molar-refractivity contribution in [2.24, 2.45) is 0 Å². The normalized spacial score (nSPS) is 11.8. The van der Waals surface area contributed by atoms with E-state index in [4.69, 9.17) is 5.10 Å². The summed E-state index contributed by atoms with van der Waals surface area (Å²) in [5.41, 5.74) is 3.75. The summed E-state index contributed by atoms with van der Waals surface area (Å²) >= 11 is 0. The van der Waals surface area contributed by atoms with Crippen molar-refractivity contribution in [1.82, 2.24) is 14.1 Å². The molecule has 4 aromatic rings. The number of benzene rings is 3. The average molecular weight is 540 g/mol. The van der Waals surface area contributed by atoms with E-state index in [0.29, 0.717) is 35.6 Å². The predicted molar refractivity (Wildman–Crippen MR) is 153 cm³/mol. The smallest absolute Gasteiger partial charge is 0.266 e. The molecule has 0 atom stereocenters. The van der Waals surface area contributed by atoms with Crippen LogP contribution in [0.2, 0.25) is 0 Å². The molecule has 0 aliphatic carbocycles. The highest BCUT2D eigenvalue weighted by molar-refractivity contribution is 7.89. The summed E-state index contributed by atoms with van der Waals surface area (Å²) in [5, 5.41) is 17.3. The van der Waals surface area contributed by atoms with Crippen molar-refractivity contribution < 1.29 is 13.2 Å². The topological polar surface area (TPSA) is 108 Å². The summed E-state index contributed by atoms with van der Waals surface area (Å²) < 4.78 is 29.4. The molecule has 39 heavy (non-hydrogen) atoms. The van der Waals surface area contributed by atoms with E-state index in [2.05, 4.69) is 5.32 Å². The number of carbonyl (C=O) groups excluding carboxylic acids is 1.